The number of ether oxygens (including phenoxy) is 1. The van der Waals surface area contributed by atoms with Crippen LogP contribution in [-0.2, 0) is 33.5 Å². The van der Waals surface area contributed by atoms with Crippen LogP contribution in [0.5, 0.6) is 0 Å². The van der Waals surface area contributed by atoms with Gasteiger partial charge < -0.3 is 10.1 Å². The Hall–Kier alpha value is -3.50. The fourth-order valence-corrected chi connectivity index (χ4v) is 2.77. The van der Waals surface area contributed by atoms with Crippen molar-refractivity contribution in [2.24, 2.45) is 0 Å². The smallest absolute Gasteiger partial charge is 0.453 e. The predicted octanol–water partition coefficient (Wildman–Crippen LogP) is 2.16. The number of esters is 1. The average Bonchev–Trinajstić information content (AvgIpc) is 3.13. The van der Waals surface area contributed by atoms with Gasteiger partial charge in [-0.3, -0.25) is 9.59 Å². The lowest BCUT2D eigenvalue weighted by molar-refractivity contribution is -0.145. The van der Waals surface area contributed by atoms with E-state index < -0.39 is 23.9 Å². The molecular weight excluding hydrogens is 403 g/mol. The van der Waals surface area contributed by atoms with E-state index in [0.29, 0.717) is 17.0 Å². The number of hydrogen-bond acceptors (Lipinski definition) is 6. The second-order valence-electron chi connectivity index (χ2n) is 6.51. The highest BCUT2D eigenvalue weighted by molar-refractivity contribution is 5.83. The number of amides is 1. The number of carbonyl (C=O) groups excluding carboxylic acids is 2. The summed E-state index contributed by atoms with van der Waals surface area (Å²) in [6, 6.07) is 9.06. The molecule has 11 heteroatoms. The fourth-order valence-electron chi connectivity index (χ4n) is 2.77. The van der Waals surface area contributed by atoms with Crippen molar-refractivity contribution in [1.29, 1.82) is 0 Å². The van der Waals surface area contributed by atoms with Gasteiger partial charge in [-0.25, -0.2) is 9.50 Å². The van der Waals surface area contributed by atoms with Gasteiger partial charge in [0, 0.05) is 17.0 Å². The van der Waals surface area contributed by atoms with Gasteiger partial charge in [0.15, 0.2) is 0 Å². The predicted molar refractivity (Wildman–Crippen MR) is 98.2 cm³/mol. The first kappa shape index (κ1) is 21.2. The topological polar surface area (TPSA) is 98.5 Å². The van der Waals surface area contributed by atoms with E-state index in [0.717, 1.165) is 10.1 Å². The van der Waals surface area contributed by atoms with Gasteiger partial charge in [-0.05, 0) is 19.4 Å². The van der Waals surface area contributed by atoms with Crippen LogP contribution >= 0.6 is 0 Å². The molecule has 0 bridgehead atoms. The molecule has 0 spiro atoms. The van der Waals surface area contributed by atoms with Gasteiger partial charge >= 0.3 is 12.1 Å². The van der Waals surface area contributed by atoms with Gasteiger partial charge in [-0.2, -0.15) is 18.2 Å². The number of nitrogens with zero attached hydrogens (tertiary/aromatic N) is 4. The van der Waals surface area contributed by atoms with E-state index in [1.54, 1.807) is 19.1 Å². The maximum absolute atomic E-state index is 12.8. The molecule has 1 N–H and O–H groups in total. The minimum absolute atomic E-state index is 0.0855. The average molecular weight is 421 g/mol. The van der Waals surface area contributed by atoms with Crippen LogP contribution in [0, 0.1) is 13.8 Å². The number of rotatable bonds is 6. The van der Waals surface area contributed by atoms with E-state index in [1.807, 2.05) is 18.2 Å². The van der Waals surface area contributed by atoms with Crippen LogP contribution in [0.1, 0.15) is 28.3 Å². The van der Waals surface area contributed by atoms with E-state index in [1.165, 1.54) is 6.92 Å². The lowest BCUT2D eigenvalue weighted by atomic mass is 10.1. The van der Waals surface area contributed by atoms with Crippen LogP contribution in [0.25, 0.3) is 5.78 Å². The fraction of sp³-hybridized carbons (Fsp3) is 0.316. The summed E-state index contributed by atoms with van der Waals surface area (Å²) in [5.41, 5.74) is 1.87. The molecule has 0 saturated carbocycles. The molecule has 0 saturated heterocycles. The largest absolute Gasteiger partial charge is 0.460 e. The first-order valence-electron chi connectivity index (χ1n) is 8.91. The number of nitrogens with one attached hydrogen (secondary N) is 1. The number of benzene rings is 1. The lowest BCUT2D eigenvalue weighted by Gasteiger charge is -2.11. The Kier molecular flexibility index (Phi) is 5.99. The third-order valence-corrected chi connectivity index (χ3v) is 4.31. The van der Waals surface area contributed by atoms with Crippen molar-refractivity contribution in [3.63, 3.8) is 0 Å². The summed E-state index contributed by atoms with van der Waals surface area (Å²) in [6.07, 6.45) is -4.89. The molecule has 2 heterocycles. The first-order valence-corrected chi connectivity index (χ1v) is 8.91. The molecule has 8 nitrogen and oxygen atoms in total. The summed E-state index contributed by atoms with van der Waals surface area (Å²) < 4.78 is 44.6. The van der Waals surface area contributed by atoms with Gasteiger partial charge in [0.2, 0.25) is 5.91 Å². The van der Waals surface area contributed by atoms with E-state index >= 15 is 0 Å². The molecule has 1 aromatic carbocycles. The van der Waals surface area contributed by atoms with E-state index in [9.17, 15) is 22.8 Å². The van der Waals surface area contributed by atoms with Crippen molar-refractivity contribution in [2.75, 3.05) is 6.54 Å². The van der Waals surface area contributed by atoms with Crippen LogP contribution < -0.4 is 5.32 Å². The summed E-state index contributed by atoms with van der Waals surface area (Å²) in [5, 5.41) is 5.86. The molecule has 30 heavy (non-hydrogen) atoms. The molecule has 0 unspecified atom stereocenters. The highest BCUT2D eigenvalue weighted by atomic mass is 19.4. The molecule has 158 valence electrons. The Morgan fingerprint density at radius 1 is 1.13 bits per heavy atom. The van der Waals surface area contributed by atoms with Crippen molar-refractivity contribution in [2.45, 2.75) is 33.1 Å². The maximum Gasteiger partial charge on any atom is 0.453 e. The Labute approximate surface area is 169 Å². The summed E-state index contributed by atoms with van der Waals surface area (Å²) in [7, 11) is 0. The van der Waals surface area contributed by atoms with E-state index in [4.69, 9.17) is 4.74 Å². The Balaban J connectivity index is 1.62. The Bertz CT molecular complexity index is 1080. The van der Waals surface area contributed by atoms with Crippen molar-refractivity contribution in [3.8, 4) is 0 Å². The number of halogens is 3. The number of hydrogen-bond donors (Lipinski definition) is 1. The van der Waals surface area contributed by atoms with Gasteiger partial charge in [-0.15, -0.1) is 5.10 Å². The van der Waals surface area contributed by atoms with Gasteiger partial charge in [-0.1, -0.05) is 30.3 Å². The number of aromatic nitrogens is 4. The van der Waals surface area contributed by atoms with Crippen LogP contribution in [0.2, 0.25) is 0 Å². The van der Waals surface area contributed by atoms with Gasteiger partial charge in [0.25, 0.3) is 11.6 Å². The zero-order valence-electron chi connectivity index (χ0n) is 16.2. The van der Waals surface area contributed by atoms with Crippen LogP contribution in [0.4, 0.5) is 13.2 Å². The molecule has 0 aliphatic heterocycles. The summed E-state index contributed by atoms with van der Waals surface area (Å²) >= 11 is 0. The second-order valence-corrected chi connectivity index (χ2v) is 6.51. The maximum atomic E-state index is 12.8. The molecule has 3 rings (SSSR count). The zero-order chi connectivity index (χ0) is 21.9. The third kappa shape index (κ3) is 4.91. The van der Waals surface area contributed by atoms with Crippen molar-refractivity contribution < 1.29 is 27.5 Å². The van der Waals surface area contributed by atoms with Crippen LogP contribution in [-0.4, -0.2) is 38.0 Å². The zero-order valence-corrected chi connectivity index (χ0v) is 16.2. The van der Waals surface area contributed by atoms with E-state index in [-0.39, 0.29) is 25.4 Å². The molecule has 0 aliphatic carbocycles. The molecule has 0 fully saturated rings. The van der Waals surface area contributed by atoms with E-state index in [2.05, 4.69) is 20.4 Å². The van der Waals surface area contributed by atoms with Crippen molar-refractivity contribution in [1.82, 2.24) is 24.9 Å². The molecule has 0 atom stereocenters. The number of fused-ring (bicyclic) bond motifs is 1. The van der Waals surface area contributed by atoms with Gasteiger partial charge in [0.05, 0.1) is 6.42 Å². The summed E-state index contributed by atoms with van der Waals surface area (Å²) in [6.45, 7) is 2.84. The molecule has 2 aromatic heterocycles. The molecule has 0 radical (unpaired) electrons. The second kappa shape index (κ2) is 8.47. The first-order chi connectivity index (χ1) is 14.1. The monoisotopic (exact) mass is 421 g/mol. The minimum Gasteiger partial charge on any atom is -0.460 e. The van der Waals surface area contributed by atoms with Crippen LogP contribution in [0.3, 0.4) is 0 Å². The molecule has 0 aliphatic rings. The summed E-state index contributed by atoms with van der Waals surface area (Å²) in [4.78, 5) is 31.4. The highest BCUT2D eigenvalue weighted by Gasteiger charge is 2.37. The van der Waals surface area contributed by atoms with Crippen molar-refractivity contribution in [3.05, 3.63) is 58.7 Å². The normalized spacial score (nSPS) is 11.5. The SMILES string of the molecule is Cc1nc2nc(C(F)(F)F)nn2c(C)c1CC(=O)NCC(=O)OCc1ccccc1. The Morgan fingerprint density at radius 3 is 2.50 bits per heavy atom. The molecular formula is C19H18F3N5O3. The number of alkyl halides is 3. The van der Waals surface area contributed by atoms with Gasteiger partial charge in [0.1, 0.15) is 13.2 Å². The third-order valence-electron chi connectivity index (χ3n) is 4.31. The Morgan fingerprint density at radius 2 is 1.83 bits per heavy atom. The van der Waals surface area contributed by atoms with Crippen molar-refractivity contribution >= 4 is 17.7 Å². The number of aryl methyl sites for hydroxylation is 2. The standard InChI is InChI=1S/C19H18F3N5O3/c1-11-14(12(2)27-18(24-11)25-17(26-27)19(20,21)22)8-15(28)23-9-16(29)30-10-13-6-4-3-5-7-13/h3-7H,8-10H2,1-2H3,(H,23,28). The highest BCUT2D eigenvalue weighted by Crippen LogP contribution is 2.27. The minimum atomic E-state index is -4.70. The van der Waals surface area contributed by atoms with Crippen LogP contribution in [0.15, 0.2) is 30.3 Å². The summed E-state index contributed by atoms with van der Waals surface area (Å²) in [5.74, 6) is -2.62. The molecule has 3 aromatic rings. The molecule has 1 amide bonds. The number of carbonyl (C=O) groups is 2. The quantitative estimate of drug-likeness (QED) is 0.613. The lowest BCUT2D eigenvalue weighted by Crippen LogP contribution is -2.32.